The van der Waals surface area contributed by atoms with Gasteiger partial charge < -0.3 is 10.3 Å². The third-order valence-corrected chi connectivity index (χ3v) is 6.30. The number of Topliss-reactive ketones (excluding diaryl/α,β-unsaturated/α-hetero) is 2. The number of nitrogens with zero attached hydrogens (tertiary/aromatic N) is 2. The van der Waals surface area contributed by atoms with Gasteiger partial charge in [-0.05, 0) is 60.9 Å². The van der Waals surface area contributed by atoms with Gasteiger partial charge in [0.15, 0.2) is 0 Å². The molecule has 7 nitrogen and oxygen atoms in total. The fourth-order valence-electron chi connectivity index (χ4n) is 4.11. The van der Waals surface area contributed by atoms with E-state index in [1.165, 1.54) is 12.1 Å². The predicted octanol–water partition coefficient (Wildman–Crippen LogP) is 5.60. The number of aromatic amines is 1. The third-order valence-electron chi connectivity index (χ3n) is 6.30. The van der Waals surface area contributed by atoms with Crippen molar-refractivity contribution < 1.29 is 45.1 Å². The van der Waals surface area contributed by atoms with Gasteiger partial charge in [-0.15, -0.1) is 0 Å². The second kappa shape index (κ2) is 12.5. The molecular weight excluding hydrogens is 585 g/mol. The first-order valence-electron chi connectivity index (χ1n) is 12.6. The first-order valence-corrected chi connectivity index (χ1v) is 12.6. The minimum atomic E-state index is -5.77. The fraction of sp³-hybridized carbons (Fsp3) is 0.207. The van der Waals surface area contributed by atoms with E-state index < -0.39 is 23.9 Å². The summed E-state index contributed by atoms with van der Waals surface area (Å²) in [5.41, 5.74) is 7.41. The maximum absolute atomic E-state index is 13.0. The van der Waals surface area contributed by atoms with Crippen molar-refractivity contribution in [2.24, 2.45) is 0 Å². The van der Waals surface area contributed by atoms with Gasteiger partial charge in [-0.1, -0.05) is 12.1 Å². The Balaban J connectivity index is 0.000000301. The zero-order chi connectivity index (χ0) is 31.4. The molecule has 1 amide bonds. The largest absolute Gasteiger partial charge is 0.458 e. The van der Waals surface area contributed by atoms with Crippen LogP contribution < -0.4 is 5.32 Å². The number of hydrogen-bond donors (Lipinski definition) is 2. The van der Waals surface area contributed by atoms with Crippen LogP contribution in [0.2, 0.25) is 0 Å². The highest BCUT2D eigenvalue weighted by Crippen LogP contribution is 2.27. The number of H-pyrrole nitrogens is 1. The van der Waals surface area contributed by atoms with Crippen LogP contribution in [0, 0.1) is 5.82 Å². The number of aromatic nitrogens is 3. The molecule has 0 saturated carbocycles. The van der Waals surface area contributed by atoms with Crippen molar-refractivity contribution in [3.05, 3.63) is 95.3 Å². The quantitative estimate of drug-likeness (QED) is 0.220. The van der Waals surface area contributed by atoms with Gasteiger partial charge in [-0.25, -0.2) is 4.39 Å². The SMILES string of the molecule is O=C(C(=O)C(F)(F)F)C(F)(F)F.O=C1NCCc2[nH]c(-c3ccnc(-c4ccc(CCc5ccc(F)cc5)nc4)c3)cc21. The van der Waals surface area contributed by atoms with E-state index in [2.05, 4.69) is 20.3 Å². The van der Waals surface area contributed by atoms with Crippen LogP contribution >= 0.6 is 0 Å². The number of amides is 1. The molecule has 5 rings (SSSR count). The van der Waals surface area contributed by atoms with E-state index in [1.807, 2.05) is 36.5 Å². The van der Waals surface area contributed by atoms with Crippen molar-refractivity contribution in [2.45, 2.75) is 31.6 Å². The van der Waals surface area contributed by atoms with Crippen LogP contribution in [-0.2, 0) is 28.9 Å². The topological polar surface area (TPSA) is 105 Å². The summed E-state index contributed by atoms with van der Waals surface area (Å²) in [6.45, 7) is 0.659. The molecule has 0 unspecified atom stereocenters. The number of ketones is 2. The zero-order valence-corrected chi connectivity index (χ0v) is 21.9. The Kier molecular flexibility index (Phi) is 9.07. The van der Waals surface area contributed by atoms with Crippen LogP contribution in [0.5, 0.6) is 0 Å². The first kappa shape index (κ1) is 31.1. The molecule has 1 aliphatic heterocycles. The Bertz CT molecular complexity index is 1600. The van der Waals surface area contributed by atoms with Crippen LogP contribution in [0.25, 0.3) is 22.5 Å². The maximum atomic E-state index is 13.0. The first-order chi connectivity index (χ1) is 20.2. The molecule has 43 heavy (non-hydrogen) atoms. The number of nitrogens with one attached hydrogen (secondary N) is 2. The lowest BCUT2D eigenvalue weighted by Crippen LogP contribution is -2.39. The number of aryl methyl sites for hydroxylation is 2. The highest BCUT2D eigenvalue weighted by atomic mass is 19.4. The van der Waals surface area contributed by atoms with Gasteiger partial charge in [0.2, 0.25) is 0 Å². The zero-order valence-electron chi connectivity index (χ0n) is 21.9. The Labute approximate surface area is 239 Å². The van der Waals surface area contributed by atoms with Crippen LogP contribution in [0.15, 0.2) is 67.0 Å². The van der Waals surface area contributed by atoms with Crippen molar-refractivity contribution in [3.8, 4) is 22.5 Å². The number of halogens is 7. The summed E-state index contributed by atoms with van der Waals surface area (Å²) in [5, 5.41) is 2.87. The van der Waals surface area contributed by atoms with Gasteiger partial charge in [0.1, 0.15) is 5.82 Å². The number of pyridine rings is 2. The molecule has 0 aliphatic carbocycles. The maximum Gasteiger partial charge on any atom is 0.458 e. The Morgan fingerprint density at radius 1 is 0.814 bits per heavy atom. The van der Waals surface area contributed by atoms with Gasteiger partial charge in [-0.3, -0.25) is 24.4 Å². The number of fused-ring (bicyclic) bond motifs is 1. The Morgan fingerprint density at radius 2 is 1.49 bits per heavy atom. The van der Waals surface area contributed by atoms with Gasteiger partial charge in [0, 0.05) is 53.6 Å². The van der Waals surface area contributed by atoms with E-state index in [-0.39, 0.29) is 11.7 Å². The van der Waals surface area contributed by atoms with Gasteiger partial charge in [0.25, 0.3) is 5.91 Å². The van der Waals surface area contributed by atoms with E-state index in [0.717, 1.165) is 58.7 Å². The molecule has 3 aromatic heterocycles. The van der Waals surface area contributed by atoms with E-state index in [1.54, 1.807) is 18.3 Å². The number of carbonyl (C=O) groups excluding carboxylic acids is 3. The molecule has 0 atom stereocenters. The minimum absolute atomic E-state index is 0.0292. The fourth-order valence-corrected chi connectivity index (χ4v) is 4.11. The number of alkyl halides is 6. The van der Waals surface area contributed by atoms with Gasteiger partial charge >= 0.3 is 23.9 Å². The molecule has 1 aromatic carbocycles. The second-order valence-electron chi connectivity index (χ2n) is 9.33. The van der Waals surface area contributed by atoms with Crippen molar-refractivity contribution >= 4 is 17.5 Å². The highest BCUT2D eigenvalue weighted by Gasteiger charge is 2.54. The highest BCUT2D eigenvalue weighted by molar-refractivity contribution is 6.41. The van der Waals surface area contributed by atoms with E-state index in [4.69, 9.17) is 0 Å². The predicted molar refractivity (Wildman–Crippen MR) is 139 cm³/mol. The summed E-state index contributed by atoms with van der Waals surface area (Å²) >= 11 is 0. The molecule has 0 spiro atoms. The molecular formula is C29H21F7N4O3. The normalized spacial score (nSPS) is 13.0. The average molecular weight is 606 g/mol. The molecule has 0 bridgehead atoms. The molecule has 14 heteroatoms. The molecule has 0 fully saturated rings. The number of carbonyl (C=O) groups is 3. The molecule has 224 valence electrons. The smallest absolute Gasteiger partial charge is 0.358 e. The monoisotopic (exact) mass is 606 g/mol. The van der Waals surface area contributed by atoms with Gasteiger partial charge in [-0.2, -0.15) is 26.3 Å². The number of benzene rings is 1. The summed E-state index contributed by atoms with van der Waals surface area (Å²) in [7, 11) is 0. The van der Waals surface area contributed by atoms with Crippen LogP contribution in [0.3, 0.4) is 0 Å². The van der Waals surface area contributed by atoms with Crippen molar-refractivity contribution in [2.75, 3.05) is 6.54 Å². The van der Waals surface area contributed by atoms with E-state index in [9.17, 15) is 45.1 Å². The lowest BCUT2D eigenvalue weighted by Gasteiger charge is -2.10. The summed E-state index contributed by atoms with van der Waals surface area (Å²) in [6, 6.07) is 16.4. The molecule has 2 N–H and O–H groups in total. The Morgan fingerprint density at radius 3 is 2.07 bits per heavy atom. The molecule has 0 radical (unpaired) electrons. The summed E-state index contributed by atoms with van der Waals surface area (Å²) in [6.07, 6.45) is -5.53. The summed E-state index contributed by atoms with van der Waals surface area (Å²) < 4.78 is 80.0. The molecule has 1 aliphatic rings. The molecule has 4 heterocycles. The lowest BCUT2D eigenvalue weighted by molar-refractivity contribution is -0.193. The molecule has 4 aromatic rings. The number of rotatable bonds is 6. The Hall–Kier alpha value is -4.88. The van der Waals surface area contributed by atoms with E-state index >= 15 is 0 Å². The minimum Gasteiger partial charge on any atom is -0.358 e. The third kappa shape index (κ3) is 7.90. The van der Waals surface area contributed by atoms with Crippen LogP contribution in [0.1, 0.15) is 27.3 Å². The molecule has 0 saturated heterocycles. The number of hydrogen-bond acceptors (Lipinski definition) is 5. The van der Waals surface area contributed by atoms with Crippen molar-refractivity contribution in [1.82, 2.24) is 20.3 Å². The summed E-state index contributed by atoms with van der Waals surface area (Å²) in [5.74, 6) is -7.06. The van der Waals surface area contributed by atoms with Crippen LogP contribution in [0.4, 0.5) is 30.7 Å². The van der Waals surface area contributed by atoms with Crippen molar-refractivity contribution in [1.29, 1.82) is 0 Å². The average Bonchev–Trinajstić information content (AvgIpc) is 3.42. The van der Waals surface area contributed by atoms with Crippen molar-refractivity contribution in [3.63, 3.8) is 0 Å². The lowest BCUT2D eigenvalue weighted by atomic mass is 10.1. The van der Waals surface area contributed by atoms with Gasteiger partial charge in [0.05, 0.1) is 11.3 Å². The summed E-state index contributed by atoms with van der Waals surface area (Å²) in [4.78, 5) is 43.7. The standard InChI is InChI=1S/C25H21FN4O.C4F6O2/c26-19-5-1-16(2-6-19)3-7-20-8-4-18(15-29-20)23-13-17(9-11-27-23)24-14-21-22(30-24)10-12-28-25(21)31;5-3(6,7)1(11)2(12)4(8,9)10/h1-2,4-6,8-9,11,13-15,30H,3,7,10,12H2,(H,28,31);. The van der Waals surface area contributed by atoms with Crippen LogP contribution in [-0.4, -0.2) is 51.3 Å². The van der Waals surface area contributed by atoms with E-state index in [0.29, 0.717) is 12.1 Å². The second-order valence-corrected chi connectivity index (χ2v) is 9.33.